The van der Waals surface area contributed by atoms with Crippen molar-refractivity contribution < 1.29 is 28.1 Å². The van der Waals surface area contributed by atoms with Crippen LogP contribution in [0, 0.1) is 11.6 Å². The number of aliphatic hydroxyl groups is 2. The predicted molar refractivity (Wildman–Crippen MR) is 130 cm³/mol. The molecule has 2 aromatic carbocycles. The minimum Gasteiger partial charge on any atom is -0.487 e. The SMILES string of the molecule is OCC(O)Cc1nccn1CCCc1ccc(OCc2coc(C=Cc3ccc(F)cc3F)n2)cc1. The molecule has 188 valence electrons. The topological polar surface area (TPSA) is 93.5 Å². The molecule has 2 aromatic heterocycles. The van der Waals surface area contributed by atoms with Crippen LogP contribution in [0.3, 0.4) is 0 Å². The number of rotatable bonds is 12. The van der Waals surface area contributed by atoms with E-state index in [-0.39, 0.29) is 18.8 Å². The molecule has 0 fully saturated rings. The molecule has 2 N–H and O–H groups in total. The lowest BCUT2D eigenvalue weighted by Gasteiger charge is -2.10. The Balaban J connectivity index is 1.23. The van der Waals surface area contributed by atoms with Gasteiger partial charge in [0.2, 0.25) is 5.89 Å². The van der Waals surface area contributed by atoms with Crippen LogP contribution in [0.15, 0.2) is 65.5 Å². The van der Waals surface area contributed by atoms with Gasteiger partial charge in [0.15, 0.2) is 0 Å². The van der Waals surface area contributed by atoms with Crippen LogP contribution in [0.4, 0.5) is 8.78 Å². The molecule has 1 unspecified atom stereocenters. The third-order valence-electron chi connectivity index (χ3n) is 5.54. The largest absolute Gasteiger partial charge is 0.487 e. The van der Waals surface area contributed by atoms with E-state index in [0.717, 1.165) is 31.3 Å². The summed E-state index contributed by atoms with van der Waals surface area (Å²) in [6.07, 6.45) is 9.32. The highest BCUT2D eigenvalue weighted by molar-refractivity contribution is 5.66. The van der Waals surface area contributed by atoms with Crippen LogP contribution in [-0.4, -0.2) is 37.5 Å². The van der Waals surface area contributed by atoms with E-state index in [0.29, 0.717) is 23.8 Å². The quantitative estimate of drug-likeness (QED) is 0.302. The summed E-state index contributed by atoms with van der Waals surface area (Å²) in [4.78, 5) is 8.54. The van der Waals surface area contributed by atoms with Gasteiger partial charge in [-0.15, -0.1) is 0 Å². The first-order chi connectivity index (χ1) is 17.5. The lowest BCUT2D eigenvalue weighted by atomic mass is 10.1. The number of aromatic nitrogens is 3. The fourth-order valence-corrected chi connectivity index (χ4v) is 3.64. The van der Waals surface area contributed by atoms with Crippen molar-refractivity contribution in [1.29, 1.82) is 0 Å². The minimum absolute atomic E-state index is 0.213. The van der Waals surface area contributed by atoms with Crippen LogP contribution in [0.5, 0.6) is 5.75 Å². The number of benzene rings is 2. The summed E-state index contributed by atoms with van der Waals surface area (Å²) in [6, 6.07) is 11.2. The zero-order valence-corrected chi connectivity index (χ0v) is 19.6. The molecule has 4 aromatic rings. The highest BCUT2D eigenvalue weighted by atomic mass is 19.1. The van der Waals surface area contributed by atoms with E-state index in [1.165, 1.54) is 36.1 Å². The Bertz CT molecular complexity index is 1280. The van der Waals surface area contributed by atoms with Gasteiger partial charge < -0.3 is 23.9 Å². The van der Waals surface area contributed by atoms with Gasteiger partial charge in [0.05, 0.1) is 12.7 Å². The van der Waals surface area contributed by atoms with E-state index in [2.05, 4.69) is 9.97 Å². The number of hydrogen-bond donors (Lipinski definition) is 2. The predicted octanol–water partition coefficient (Wildman–Crippen LogP) is 4.43. The number of imidazole rings is 1. The van der Waals surface area contributed by atoms with E-state index in [4.69, 9.17) is 14.3 Å². The summed E-state index contributed by atoms with van der Waals surface area (Å²) >= 11 is 0. The molecule has 7 nitrogen and oxygen atoms in total. The van der Waals surface area contributed by atoms with E-state index >= 15 is 0 Å². The molecule has 0 aliphatic carbocycles. The van der Waals surface area contributed by atoms with Crippen molar-refractivity contribution in [3.05, 3.63) is 101 Å². The second-order valence-corrected chi connectivity index (χ2v) is 8.29. The molecule has 36 heavy (non-hydrogen) atoms. The molecule has 9 heteroatoms. The third-order valence-corrected chi connectivity index (χ3v) is 5.54. The molecular formula is C27H27F2N3O4. The average molecular weight is 496 g/mol. The normalized spacial score (nSPS) is 12.3. The molecule has 0 bridgehead atoms. The first kappa shape index (κ1) is 25.3. The maximum atomic E-state index is 13.7. The molecule has 0 aliphatic rings. The lowest BCUT2D eigenvalue weighted by molar-refractivity contribution is 0.0931. The Morgan fingerprint density at radius 1 is 1.11 bits per heavy atom. The molecule has 0 spiro atoms. The van der Waals surface area contributed by atoms with Gasteiger partial charge in [-0.05, 0) is 48.7 Å². The van der Waals surface area contributed by atoms with Crippen molar-refractivity contribution in [2.45, 2.75) is 38.5 Å². The van der Waals surface area contributed by atoms with E-state index < -0.39 is 17.7 Å². The van der Waals surface area contributed by atoms with E-state index in [9.17, 15) is 13.9 Å². The smallest absolute Gasteiger partial charge is 0.218 e. The molecular weight excluding hydrogens is 468 g/mol. The molecule has 0 aliphatic heterocycles. The molecule has 0 saturated heterocycles. The van der Waals surface area contributed by atoms with Crippen molar-refractivity contribution in [2.75, 3.05) is 6.61 Å². The van der Waals surface area contributed by atoms with E-state index in [1.54, 1.807) is 6.20 Å². The van der Waals surface area contributed by atoms with Gasteiger partial charge in [-0.2, -0.15) is 0 Å². The van der Waals surface area contributed by atoms with Crippen molar-refractivity contribution in [2.24, 2.45) is 0 Å². The Hall–Kier alpha value is -3.82. The number of aryl methyl sites for hydroxylation is 2. The van der Waals surface area contributed by atoms with Crippen LogP contribution in [0.25, 0.3) is 12.2 Å². The summed E-state index contributed by atoms with van der Waals surface area (Å²) in [5, 5.41) is 18.7. The number of aliphatic hydroxyl groups excluding tert-OH is 2. The fourth-order valence-electron chi connectivity index (χ4n) is 3.64. The molecule has 1 atom stereocenters. The van der Waals surface area contributed by atoms with Crippen LogP contribution in [0.1, 0.15) is 35.0 Å². The second-order valence-electron chi connectivity index (χ2n) is 8.29. The Labute approximate surface area is 207 Å². The van der Waals surface area contributed by atoms with Crippen LogP contribution in [-0.2, 0) is 26.0 Å². The molecule has 0 radical (unpaired) electrons. The fraction of sp³-hybridized carbons (Fsp3) is 0.259. The van der Waals surface area contributed by atoms with Crippen LogP contribution >= 0.6 is 0 Å². The van der Waals surface area contributed by atoms with Crippen molar-refractivity contribution in [1.82, 2.24) is 14.5 Å². The maximum Gasteiger partial charge on any atom is 0.218 e. The third kappa shape index (κ3) is 7.10. The van der Waals surface area contributed by atoms with Gasteiger partial charge >= 0.3 is 0 Å². The van der Waals surface area contributed by atoms with Gasteiger partial charge in [-0.3, -0.25) is 0 Å². The Kier molecular flexibility index (Phi) is 8.59. The summed E-state index contributed by atoms with van der Waals surface area (Å²) < 4.78 is 39.8. The minimum atomic E-state index is -0.801. The van der Waals surface area contributed by atoms with Crippen molar-refractivity contribution in [3.63, 3.8) is 0 Å². The molecule has 2 heterocycles. The van der Waals surface area contributed by atoms with Crippen LogP contribution in [0.2, 0.25) is 0 Å². The summed E-state index contributed by atoms with van der Waals surface area (Å²) in [6.45, 7) is 0.696. The average Bonchev–Trinajstić information content (AvgIpc) is 3.52. The monoisotopic (exact) mass is 495 g/mol. The lowest BCUT2D eigenvalue weighted by Crippen LogP contribution is -2.18. The van der Waals surface area contributed by atoms with Gasteiger partial charge in [0.1, 0.15) is 41.8 Å². The molecule has 0 amide bonds. The highest BCUT2D eigenvalue weighted by Crippen LogP contribution is 2.17. The van der Waals surface area contributed by atoms with E-state index in [1.807, 2.05) is 35.0 Å². The van der Waals surface area contributed by atoms with Crippen molar-refractivity contribution in [3.8, 4) is 5.75 Å². The summed E-state index contributed by atoms with van der Waals surface area (Å²) in [5.41, 5.74) is 1.99. The number of ether oxygens (including phenoxy) is 1. The zero-order valence-electron chi connectivity index (χ0n) is 19.6. The summed E-state index contributed by atoms with van der Waals surface area (Å²) in [7, 11) is 0. The highest BCUT2D eigenvalue weighted by Gasteiger charge is 2.09. The van der Waals surface area contributed by atoms with Gasteiger partial charge in [-0.25, -0.2) is 18.7 Å². The number of hydrogen-bond acceptors (Lipinski definition) is 6. The summed E-state index contributed by atoms with van der Waals surface area (Å²) in [5.74, 6) is 0.457. The Morgan fingerprint density at radius 3 is 2.72 bits per heavy atom. The van der Waals surface area contributed by atoms with Gasteiger partial charge in [0, 0.05) is 43.1 Å². The molecule has 0 saturated carbocycles. The zero-order chi connectivity index (χ0) is 25.3. The number of halogens is 2. The Morgan fingerprint density at radius 2 is 1.94 bits per heavy atom. The first-order valence-electron chi connectivity index (χ1n) is 11.6. The first-order valence-corrected chi connectivity index (χ1v) is 11.6. The molecule has 4 rings (SSSR count). The van der Waals surface area contributed by atoms with Gasteiger partial charge in [-0.1, -0.05) is 12.1 Å². The van der Waals surface area contributed by atoms with Crippen LogP contribution < -0.4 is 4.74 Å². The number of oxazole rings is 1. The standard InChI is InChI=1S/C27H27F2N3O4/c28-21-7-5-20(25(29)14-21)6-10-27-31-22(18-36-27)17-35-24-8-3-19(4-9-24)2-1-12-32-13-11-30-26(32)15-23(34)16-33/h3-11,13-14,18,23,33-34H,1-2,12,15-17H2. The second kappa shape index (κ2) is 12.2. The number of nitrogens with zero attached hydrogens (tertiary/aromatic N) is 3. The van der Waals surface area contributed by atoms with Gasteiger partial charge in [0.25, 0.3) is 0 Å². The van der Waals surface area contributed by atoms with Crippen molar-refractivity contribution >= 4 is 12.2 Å². The maximum absolute atomic E-state index is 13.7.